The highest BCUT2D eigenvalue weighted by molar-refractivity contribution is 9.10. The molecule has 3 nitrogen and oxygen atoms in total. The first-order valence-electron chi connectivity index (χ1n) is 4.50. The zero-order valence-corrected chi connectivity index (χ0v) is 11.1. The molecule has 0 spiro atoms. The maximum atomic E-state index is 5.70. The monoisotopic (exact) mass is 289 g/mol. The number of rotatable bonds is 4. The van der Waals surface area contributed by atoms with Crippen molar-refractivity contribution in [2.75, 3.05) is 11.9 Å². The molecule has 1 rings (SSSR count). The Labute approximate surface area is 103 Å². The molecule has 0 aliphatic heterocycles. The van der Waals surface area contributed by atoms with Crippen molar-refractivity contribution in [1.82, 2.24) is 9.97 Å². The summed E-state index contributed by atoms with van der Waals surface area (Å²) >= 11 is 9.05. The summed E-state index contributed by atoms with van der Waals surface area (Å²) in [6.45, 7) is 8.69. The normalized spacial score (nSPS) is 11.2. The van der Waals surface area contributed by atoms with Crippen molar-refractivity contribution in [1.29, 1.82) is 0 Å². The maximum Gasteiger partial charge on any atom is 0.224 e. The van der Waals surface area contributed by atoms with Crippen LogP contribution in [-0.2, 0) is 0 Å². The van der Waals surface area contributed by atoms with E-state index in [1.165, 1.54) is 0 Å². The van der Waals surface area contributed by atoms with Crippen LogP contribution in [0.3, 0.4) is 0 Å². The molecule has 5 heteroatoms. The van der Waals surface area contributed by atoms with Gasteiger partial charge in [-0.1, -0.05) is 19.9 Å². The summed E-state index contributed by atoms with van der Waals surface area (Å²) in [5.41, 5.74) is 0.0108. The zero-order valence-electron chi connectivity index (χ0n) is 8.72. The Hall–Kier alpha value is -0.610. The lowest BCUT2D eigenvalue weighted by Gasteiger charge is -2.20. The molecule has 0 aliphatic carbocycles. The molecular weight excluding hydrogens is 277 g/mol. The van der Waals surface area contributed by atoms with Gasteiger partial charge >= 0.3 is 0 Å². The number of nitrogens with zero attached hydrogens (tertiary/aromatic N) is 2. The maximum absolute atomic E-state index is 5.70. The van der Waals surface area contributed by atoms with E-state index in [-0.39, 0.29) is 10.7 Å². The summed E-state index contributed by atoms with van der Waals surface area (Å²) in [6, 6.07) is 0. The lowest BCUT2D eigenvalue weighted by Crippen LogP contribution is -2.21. The van der Waals surface area contributed by atoms with Gasteiger partial charge in [-0.15, -0.1) is 6.58 Å². The summed E-state index contributed by atoms with van der Waals surface area (Å²) in [7, 11) is 0. The number of halogens is 2. The Morgan fingerprint density at radius 1 is 1.67 bits per heavy atom. The van der Waals surface area contributed by atoms with E-state index in [1.54, 1.807) is 6.20 Å². The second kappa shape index (κ2) is 4.94. The predicted octanol–water partition coefficient (Wildman–Crippen LogP) is 3.52. The van der Waals surface area contributed by atoms with Crippen molar-refractivity contribution in [2.45, 2.75) is 13.8 Å². The summed E-state index contributed by atoms with van der Waals surface area (Å²) in [5, 5.41) is 3.42. The second-order valence-corrected chi connectivity index (χ2v) is 5.07. The molecule has 0 aliphatic rings. The SMILES string of the molecule is C=CC(C)(C)CNc1nc(Cl)ncc1Br. The van der Waals surface area contributed by atoms with Crippen LogP contribution in [-0.4, -0.2) is 16.5 Å². The van der Waals surface area contributed by atoms with Crippen LogP contribution in [0.4, 0.5) is 5.82 Å². The average molecular weight is 291 g/mol. The smallest absolute Gasteiger partial charge is 0.224 e. The van der Waals surface area contributed by atoms with Crippen molar-refractivity contribution in [3.8, 4) is 0 Å². The van der Waals surface area contributed by atoms with Gasteiger partial charge in [0.05, 0.1) is 4.47 Å². The zero-order chi connectivity index (χ0) is 11.5. The minimum absolute atomic E-state index is 0.0108. The molecule has 1 aromatic heterocycles. The second-order valence-electron chi connectivity index (χ2n) is 3.88. The van der Waals surface area contributed by atoms with E-state index in [9.17, 15) is 0 Å². The van der Waals surface area contributed by atoms with E-state index in [2.05, 4.69) is 51.6 Å². The van der Waals surface area contributed by atoms with Crippen molar-refractivity contribution >= 4 is 33.3 Å². The molecule has 0 bridgehead atoms. The summed E-state index contributed by atoms with van der Waals surface area (Å²) in [4.78, 5) is 7.92. The fourth-order valence-corrected chi connectivity index (χ4v) is 1.32. The largest absolute Gasteiger partial charge is 0.368 e. The van der Waals surface area contributed by atoms with Crippen molar-refractivity contribution in [3.63, 3.8) is 0 Å². The molecule has 0 aromatic carbocycles. The van der Waals surface area contributed by atoms with Crippen LogP contribution in [0, 0.1) is 5.41 Å². The molecule has 1 heterocycles. The Morgan fingerprint density at radius 2 is 2.33 bits per heavy atom. The van der Waals surface area contributed by atoms with E-state index in [0.717, 1.165) is 11.0 Å². The molecular formula is C10H13BrClN3. The van der Waals surface area contributed by atoms with Gasteiger partial charge in [0.2, 0.25) is 5.28 Å². The number of anilines is 1. The summed E-state index contributed by atoms with van der Waals surface area (Å²) < 4.78 is 0.798. The molecule has 0 saturated heterocycles. The number of aromatic nitrogens is 2. The molecule has 0 saturated carbocycles. The van der Waals surface area contributed by atoms with Crippen molar-refractivity contribution < 1.29 is 0 Å². The lowest BCUT2D eigenvalue weighted by atomic mass is 9.94. The standard InChI is InChI=1S/C10H13BrClN3/c1-4-10(2,3)6-14-8-7(11)5-13-9(12)15-8/h4-5H,1,6H2,2-3H3,(H,13,14,15). The number of hydrogen-bond acceptors (Lipinski definition) is 3. The van der Waals surface area contributed by atoms with Gasteiger partial charge in [-0.3, -0.25) is 0 Å². The predicted molar refractivity (Wildman–Crippen MR) is 67.2 cm³/mol. The molecule has 1 aromatic rings. The summed E-state index contributed by atoms with van der Waals surface area (Å²) in [5.74, 6) is 0.699. The molecule has 82 valence electrons. The Kier molecular flexibility index (Phi) is 4.11. The van der Waals surface area contributed by atoms with Crippen LogP contribution < -0.4 is 5.32 Å². The average Bonchev–Trinajstić information content (AvgIpc) is 2.20. The van der Waals surface area contributed by atoms with Crippen LogP contribution in [0.15, 0.2) is 23.3 Å². The van der Waals surface area contributed by atoms with E-state index < -0.39 is 0 Å². The summed E-state index contributed by atoms with van der Waals surface area (Å²) in [6.07, 6.45) is 3.52. The first-order valence-corrected chi connectivity index (χ1v) is 5.67. The Balaban J connectivity index is 2.73. The quantitative estimate of drug-likeness (QED) is 0.681. The fourth-order valence-electron chi connectivity index (χ4n) is 0.853. The lowest BCUT2D eigenvalue weighted by molar-refractivity contribution is 0.513. The molecule has 15 heavy (non-hydrogen) atoms. The van der Waals surface area contributed by atoms with Gasteiger partial charge in [-0.05, 0) is 32.9 Å². The third kappa shape index (κ3) is 3.80. The van der Waals surface area contributed by atoms with Crippen molar-refractivity contribution in [2.24, 2.45) is 5.41 Å². The molecule has 0 radical (unpaired) electrons. The van der Waals surface area contributed by atoms with Crippen LogP contribution in [0.2, 0.25) is 5.28 Å². The highest BCUT2D eigenvalue weighted by Gasteiger charge is 2.13. The Bertz CT molecular complexity index is 366. The van der Waals surface area contributed by atoms with E-state index >= 15 is 0 Å². The van der Waals surface area contributed by atoms with Crippen LogP contribution >= 0.6 is 27.5 Å². The highest BCUT2D eigenvalue weighted by Crippen LogP contribution is 2.23. The molecule has 0 amide bonds. The van der Waals surface area contributed by atoms with Gasteiger partial charge in [0.15, 0.2) is 0 Å². The van der Waals surface area contributed by atoms with E-state index in [1.807, 2.05) is 6.08 Å². The van der Waals surface area contributed by atoms with E-state index in [0.29, 0.717) is 5.82 Å². The van der Waals surface area contributed by atoms with Crippen LogP contribution in [0.25, 0.3) is 0 Å². The van der Waals surface area contributed by atoms with E-state index in [4.69, 9.17) is 11.6 Å². The van der Waals surface area contributed by atoms with Gasteiger partial charge < -0.3 is 5.32 Å². The third-order valence-electron chi connectivity index (χ3n) is 1.98. The molecule has 1 N–H and O–H groups in total. The topological polar surface area (TPSA) is 37.8 Å². The van der Waals surface area contributed by atoms with Gasteiger partial charge in [-0.25, -0.2) is 4.98 Å². The van der Waals surface area contributed by atoms with Gasteiger partial charge in [-0.2, -0.15) is 4.98 Å². The van der Waals surface area contributed by atoms with Crippen LogP contribution in [0.1, 0.15) is 13.8 Å². The minimum Gasteiger partial charge on any atom is -0.368 e. The first kappa shape index (κ1) is 12.5. The molecule has 0 fully saturated rings. The van der Waals surface area contributed by atoms with Gasteiger partial charge in [0.1, 0.15) is 5.82 Å². The minimum atomic E-state index is 0.0108. The fraction of sp³-hybridized carbons (Fsp3) is 0.400. The van der Waals surface area contributed by atoms with Gasteiger partial charge in [0.25, 0.3) is 0 Å². The number of hydrogen-bond donors (Lipinski definition) is 1. The molecule has 0 atom stereocenters. The Morgan fingerprint density at radius 3 is 2.93 bits per heavy atom. The molecule has 0 unspecified atom stereocenters. The van der Waals surface area contributed by atoms with Gasteiger partial charge in [0, 0.05) is 12.7 Å². The number of nitrogens with one attached hydrogen (secondary N) is 1. The van der Waals surface area contributed by atoms with Crippen LogP contribution in [0.5, 0.6) is 0 Å². The van der Waals surface area contributed by atoms with Crippen molar-refractivity contribution in [3.05, 3.63) is 28.6 Å². The third-order valence-corrected chi connectivity index (χ3v) is 2.74. The first-order chi connectivity index (χ1) is 6.94. The highest BCUT2D eigenvalue weighted by atomic mass is 79.9.